The molecule has 0 radical (unpaired) electrons. The van der Waals surface area contributed by atoms with E-state index in [1.807, 2.05) is 54.4 Å². The molecular formula is C32H31F2N7O2. The smallest absolute Gasteiger partial charge is 0.319 e. The summed E-state index contributed by atoms with van der Waals surface area (Å²) < 4.78 is 36.3. The minimum absolute atomic E-state index is 0.0340. The Morgan fingerprint density at radius 1 is 1.12 bits per heavy atom. The number of aromatic nitrogens is 3. The van der Waals surface area contributed by atoms with Crippen LogP contribution < -0.4 is 9.64 Å². The number of carbonyl (C=O) groups is 1. The molecule has 4 aromatic rings. The highest BCUT2D eigenvalue weighted by Gasteiger charge is 2.35. The summed E-state index contributed by atoms with van der Waals surface area (Å²) in [6, 6.07) is 13.0. The van der Waals surface area contributed by atoms with Crippen LogP contribution in [0.3, 0.4) is 0 Å². The highest BCUT2D eigenvalue weighted by atomic mass is 19.1. The predicted octanol–water partition coefficient (Wildman–Crippen LogP) is 4.88. The van der Waals surface area contributed by atoms with E-state index < -0.39 is 23.6 Å². The molecule has 6 rings (SSSR count). The Morgan fingerprint density at radius 3 is 2.70 bits per heavy atom. The number of likely N-dealkylation sites (N-methyl/N-ethyl adjacent to an activating group) is 1. The fourth-order valence-electron chi connectivity index (χ4n) is 6.04. The lowest BCUT2D eigenvalue weighted by atomic mass is 10.0. The summed E-state index contributed by atoms with van der Waals surface area (Å²) >= 11 is 0. The lowest BCUT2D eigenvalue weighted by Gasteiger charge is -2.39. The van der Waals surface area contributed by atoms with Gasteiger partial charge in [0.05, 0.1) is 5.39 Å². The number of hydrogen-bond donors (Lipinski definition) is 0. The van der Waals surface area contributed by atoms with Gasteiger partial charge in [0, 0.05) is 37.4 Å². The number of hydrogen-bond acceptors (Lipinski definition) is 7. The van der Waals surface area contributed by atoms with Crippen molar-refractivity contribution in [1.29, 1.82) is 0 Å². The quantitative estimate of drug-likeness (QED) is 0.227. The zero-order valence-corrected chi connectivity index (χ0v) is 23.8. The zero-order chi connectivity index (χ0) is 30.1. The number of rotatable bonds is 7. The molecule has 11 heteroatoms. The van der Waals surface area contributed by atoms with Crippen LogP contribution in [0.25, 0.3) is 37.8 Å². The van der Waals surface area contributed by atoms with Gasteiger partial charge < -0.3 is 24.3 Å². The van der Waals surface area contributed by atoms with Crippen molar-refractivity contribution in [3.05, 3.63) is 78.3 Å². The summed E-state index contributed by atoms with van der Waals surface area (Å²) in [4.78, 5) is 35.1. The molecule has 0 bridgehead atoms. The molecule has 2 aromatic heterocycles. The fourth-order valence-corrected chi connectivity index (χ4v) is 6.04. The number of amides is 1. The van der Waals surface area contributed by atoms with Crippen LogP contribution in [0.4, 0.5) is 14.6 Å². The molecule has 0 N–H and O–H groups in total. The van der Waals surface area contributed by atoms with Crippen molar-refractivity contribution < 1.29 is 18.3 Å². The van der Waals surface area contributed by atoms with Gasteiger partial charge >= 0.3 is 6.01 Å². The number of nitrogens with zero attached hydrogens (tertiary/aromatic N) is 7. The van der Waals surface area contributed by atoms with Crippen molar-refractivity contribution in [3.63, 3.8) is 0 Å². The van der Waals surface area contributed by atoms with E-state index in [0.29, 0.717) is 23.4 Å². The molecule has 9 nitrogen and oxygen atoms in total. The normalized spacial score (nSPS) is 19.1. The Morgan fingerprint density at radius 2 is 1.93 bits per heavy atom. The van der Waals surface area contributed by atoms with Crippen LogP contribution in [0, 0.1) is 12.4 Å². The molecule has 2 aromatic carbocycles. The molecule has 1 amide bonds. The van der Waals surface area contributed by atoms with Crippen LogP contribution in [-0.4, -0.2) is 89.1 Å². The first kappa shape index (κ1) is 28.4. The molecule has 2 fully saturated rings. The third-order valence-corrected chi connectivity index (χ3v) is 8.34. The lowest BCUT2D eigenvalue weighted by molar-refractivity contribution is -0.131. The van der Waals surface area contributed by atoms with Gasteiger partial charge in [0.1, 0.15) is 29.7 Å². The van der Waals surface area contributed by atoms with E-state index in [0.717, 1.165) is 30.2 Å². The molecule has 4 heterocycles. The van der Waals surface area contributed by atoms with Crippen LogP contribution in [0.15, 0.2) is 61.1 Å². The van der Waals surface area contributed by atoms with Gasteiger partial charge in [0.25, 0.3) is 5.91 Å². The van der Waals surface area contributed by atoms with Crippen molar-refractivity contribution in [2.75, 3.05) is 51.3 Å². The summed E-state index contributed by atoms with van der Waals surface area (Å²) in [6.07, 6.45) is 3.61. The van der Waals surface area contributed by atoms with Gasteiger partial charge in [-0.1, -0.05) is 49.0 Å². The van der Waals surface area contributed by atoms with Crippen LogP contribution in [-0.2, 0) is 4.79 Å². The lowest BCUT2D eigenvalue weighted by Crippen LogP contribution is -2.56. The molecule has 0 aliphatic carbocycles. The minimum atomic E-state index is -1.07. The molecular weight excluding hydrogens is 552 g/mol. The second kappa shape index (κ2) is 11.9. The number of carbonyl (C=O) groups excluding carboxylic acids is 1. The first-order chi connectivity index (χ1) is 20.9. The van der Waals surface area contributed by atoms with E-state index in [2.05, 4.69) is 26.3 Å². The molecule has 220 valence electrons. The van der Waals surface area contributed by atoms with Gasteiger partial charge in [-0.3, -0.25) is 9.78 Å². The highest BCUT2D eigenvalue weighted by Crippen LogP contribution is 2.35. The number of likely N-dealkylation sites (tertiary alicyclic amines) is 1. The summed E-state index contributed by atoms with van der Waals surface area (Å²) in [6.45, 7) is 12.4. The monoisotopic (exact) mass is 583 g/mol. The number of pyridine rings is 1. The van der Waals surface area contributed by atoms with E-state index in [-0.39, 0.29) is 49.4 Å². The topological polar surface area (TPSA) is 79.1 Å². The van der Waals surface area contributed by atoms with Crippen LogP contribution in [0.5, 0.6) is 6.01 Å². The van der Waals surface area contributed by atoms with Gasteiger partial charge in [-0.2, -0.15) is 9.97 Å². The van der Waals surface area contributed by atoms with Crippen molar-refractivity contribution >= 4 is 33.4 Å². The van der Waals surface area contributed by atoms with Crippen molar-refractivity contribution in [3.8, 4) is 17.3 Å². The molecule has 43 heavy (non-hydrogen) atoms. The number of anilines is 1. The largest absolute Gasteiger partial charge is 0.462 e. The van der Waals surface area contributed by atoms with Gasteiger partial charge in [-0.05, 0) is 37.2 Å². The second-order valence-corrected chi connectivity index (χ2v) is 11.0. The number of ether oxygens (including phenoxy) is 1. The standard InChI is InChI=1S/C32H31F2N7O2/c1-20(33)31(42)41-15-14-40(18-23(41)16-35-2)30-26-17-36-28(25-12-6-9-21-8-4-5-11-24(21)25)27(34)29(26)37-32(38-30)43-19-22-10-7-13-39(22)3/h4-6,8-9,11-12,17,22-23H,1,7,10,13-16,18-19H2,3H3/t22-,23-/m0/s1. The van der Waals surface area contributed by atoms with Crippen molar-refractivity contribution in [1.82, 2.24) is 24.8 Å². The Labute approximate surface area is 248 Å². The Balaban J connectivity index is 1.44. The average Bonchev–Trinajstić information content (AvgIpc) is 3.44. The van der Waals surface area contributed by atoms with E-state index in [1.165, 1.54) is 4.90 Å². The Hall–Kier alpha value is -4.69. The third kappa shape index (κ3) is 5.46. The minimum Gasteiger partial charge on any atom is -0.462 e. The number of benzene rings is 2. The highest BCUT2D eigenvalue weighted by molar-refractivity contribution is 5.99. The average molecular weight is 584 g/mol. The fraction of sp³-hybridized carbons (Fsp3) is 0.344. The second-order valence-electron chi connectivity index (χ2n) is 11.0. The van der Waals surface area contributed by atoms with E-state index in [9.17, 15) is 9.18 Å². The maximum atomic E-state index is 16.5. The molecule has 0 spiro atoms. The number of halogens is 2. The molecule has 2 saturated heterocycles. The predicted molar refractivity (Wildman–Crippen MR) is 161 cm³/mol. The van der Waals surface area contributed by atoms with E-state index >= 15 is 4.39 Å². The number of piperazine rings is 1. The maximum absolute atomic E-state index is 16.5. The summed E-state index contributed by atoms with van der Waals surface area (Å²) in [5, 5.41) is 2.20. The van der Waals surface area contributed by atoms with Gasteiger partial charge in [0.15, 0.2) is 11.6 Å². The van der Waals surface area contributed by atoms with Crippen LogP contribution >= 0.6 is 0 Å². The molecule has 2 aliphatic heterocycles. The zero-order valence-electron chi connectivity index (χ0n) is 23.8. The number of fused-ring (bicyclic) bond motifs is 2. The van der Waals surface area contributed by atoms with Gasteiger partial charge in [-0.15, -0.1) is 0 Å². The molecule has 0 unspecified atom stereocenters. The molecule has 2 aliphatic rings. The third-order valence-electron chi connectivity index (χ3n) is 8.34. The van der Waals surface area contributed by atoms with Crippen LogP contribution in [0.2, 0.25) is 0 Å². The molecule has 2 atom stereocenters. The first-order valence-corrected chi connectivity index (χ1v) is 14.3. The van der Waals surface area contributed by atoms with Crippen molar-refractivity contribution in [2.24, 2.45) is 0 Å². The summed E-state index contributed by atoms with van der Waals surface area (Å²) in [5.41, 5.74) is 0.872. The summed E-state index contributed by atoms with van der Waals surface area (Å²) in [5.74, 6) is -2.12. The maximum Gasteiger partial charge on any atom is 0.319 e. The van der Waals surface area contributed by atoms with Gasteiger partial charge in [-0.25, -0.2) is 15.4 Å². The summed E-state index contributed by atoms with van der Waals surface area (Å²) in [7, 11) is 2.04. The first-order valence-electron chi connectivity index (χ1n) is 14.3. The van der Waals surface area contributed by atoms with E-state index in [4.69, 9.17) is 16.3 Å². The van der Waals surface area contributed by atoms with E-state index in [1.54, 1.807) is 6.20 Å². The SMILES string of the molecule is [C-]#[N+]C[C@H]1CN(c2nc(OC[C@@H]3CCCN3C)nc3c(F)c(-c4cccc5ccccc45)ncc23)CCN1C(=O)C(=C)F. The van der Waals surface area contributed by atoms with Crippen molar-refractivity contribution in [2.45, 2.75) is 24.9 Å². The Kier molecular flexibility index (Phi) is 7.86. The van der Waals surface area contributed by atoms with Crippen LogP contribution in [0.1, 0.15) is 12.8 Å². The molecule has 0 saturated carbocycles. The van der Waals surface area contributed by atoms with Gasteiger partial charge in [0.2, 0.25) is 6.54 Å². The Bertz CT molecular complexity index is 1750.